The van der Waals surface area contributed by atoms with Crippen molar-refractivity contribution in [3.63, 3.8) is 0 Å². The van der Waals surface area contributed by atoms with Gasteiger partial charge in [0, 0.05) is 50.8 Å². The van der Waals surface area contributed by atoms with E-state index in [1.807, 2.05) is 13.1 Å². The molecule has 1 N–H and O–H groups in total. The normalized spacial score (nSPS) is 12.9. The topological polar surface area (TPSA) is 58.4 Å². The Morgan fingerprint density at radius 1 is 0.688 bits per heavy atom. The van der Waals surface area contributed by atoms with Crippen molar-refractivity contribution in [1.82, 2.24) is 9.97 Å². The van der Waals surface area contributed by atoms with E-state index in [-0.39, 0.29) is 22.0 Å². The highest BCUT2D eigenvalue weighted by atomic mass is 32.1. The van der Waals surface area contributed by atoms with E-state index >= 15 is 0 Å². The van der Waals surface area contributed by atoms with Gasteiger partial charge in [-0.25, -0.2) is 4.98 Å². The van der Waals surface area contributed by atoms with Gasteiger partial charge in [0.1, 0.15) is 10.8 Å². The summed E-state index contributed by atoms with van der Waals surface area (Å²) in [5, 5.41) is 14.6. The molecule has 0 aliphatic carbocycles. The molecule has 4 aromatic carbocycles. The van der Waals surface area contributed by atoms with Crippen LogP contribution in [-0.2, 0) is 16.2 Å². The second-order valence-corrected chi connectivity index (χ2v) is 17.2. The van der Waals surface area contributed by atoms with E-state index in [4.69, 9.17) is 15.0 Å². The second-order valence-electron chi connectivity index (χ2n) is 16.1. The zero-order valence-electron chi connectivity index (χ0n) is 30.2. The monoisotopic (exact) mass is 653 g/mol. The molecule has 0 atom stereocenters. The molecule has 0 amide bonds. The summed E-state index contributed by atoms with van der Waals surface area (Å²) < 4.78 is 1.14. The number of aromatic nitrogens is 2. The lowest BCUT2D eigenvalue weighted by Gasteiger charge is -2.27. The van der Waals surface area contributed by atoms with Gasteiger partial charge in [-0.15, -0.1) is 11.3 Å². The average molecular weight is 654 g/mol. The van der Waals surface area contributed by atoms with Gasteiger partial charge in [-0.2, -0.15) is 0 Å². The van der Waals surface area contributed by atoms with Gasteiger partial charge in [-0.1, -0.05) is 105 Å². The molecule has 0 saturated heterocycles. The van der Waals surface area contributed by atoms with Crippen molar-refractivity contribution < 1.29 is 5.11 Å². The van der Waals surface area contributed by atoms with Gasteiger partial charge in [-0.05, 0) is 76.9 Å². The average Bonchev–Trinajstić information content (AvgIpc) is 3.43. The third kappa shape index (κ3) is 6.41. The Morgan fingerprint density at radius 2 is 1.35 bits per heavy atom. The molecular weight excluding hydrogens is 607 g/mol. The van der Waals surface area contributed by atoms with Gasteiger partial charge < -0.3 is 5.11 Å². The predicted molar refractivity (Wildman–Crippen MR) is 207 cm³/mol. The highest BCUT2D eigenvalue weighted by Crippen LogP contribution is 2.44. The number of hydrogen-bond donors (Lipinski definition) is 1. The first-order valence-electron chi connectivity index (χ1n) is 16.8. The summed E-state index contributed by atoms with van der Waals surface area (Å²) in [4.78, 5) is 15.3. The summed E-state index contributed by atoms with van der Waals surface area (Å²) in [6.07, 6.45) is 1.84. The summed E-state index contributed by atoms with van der Waals surface area (Å²) >= 11 is 1.70. The fourth-order valence-electron chi connectivity index (χ4n) is 6.22. The highest BCUT2D eigenvalue weighted by molar-refractivity contribution is 7.21. The van der Waals surface area contributed by atoms with Crippen molar-refractivity contribution in [2.75, 3.05) is 0 Å². The molecule has 6 aromatic rings. The molecular formula is C43H47N3OS. The Hall–Kier alpha value is -4.35. The Bertz CT molecular complexity index is 2220. The number of phenols is 1. The van der Waals surface area contributed by atoms with E-state index in [0.29, 0.717) is 0 Å². The fraction of sp³-hybridized carbons (Fsp3) is 0.326. The molecule has 0 radical (unpaired) electrons. The zero-order chi connectivity index (χ0) is 34.8. The van der Waals surface area contributed by atoms with Crippen LogP contribution in [0.1, 0.15) is 96.0 Å². The standard InChI is InChI=1S/C43H47N3OS/c1-25-16-18-31(26(2)45-25)34-21-30(42(6,7)8)23-36-38(34)46-40(48-36)33-19-17-27-14-12-13-15-32(27)37(33)44-24-28-20-29(41(3,4)5)22-35(39(28)47)43(9,10)11/h12-24,47H,1-11H3. The van der Waals surface area contributed by atoms with Gasteiger partial charge in [0.25, 0.3) is 0 Å². The smallest absolute Gasteiger partial charge is 0.128 e. The van der Waals surface area contributed by atoms with Crippen molar-refractivity contribution >= 4 is 44.2 Å². The van der Waals surface area contributed by atoms with Gasteiger partial charge in [0.15, 0.2) is 0 Å². The first-order valence-corrected chi connectivity index (χ1v) is 17.6. The minimum Gasteiger partial charge on any atom is -0.507 e. The van der Waals surface area contributed by atoms with E-state index in [1.54, 1.807) is 11.3 Å². The molecule has 48 heavy (non-hydrogen) atoms. The molecule has 246 valence electrons. The van der Waals surface area contributed by atoms with E-state index < -0.39 is 0 Å². The summed E-state index contributed by atoms with van der Waals surface area (Å²) in [5.41, 5.74) is 10.7. The third-order valence-electron chi connectivity index (χ3n) is 9.15. The number of pyridine rings is 1. The molecule has 0 unspecified atom stereocenters. The predicted octanol–water partition coefficient (Wildman–Crippen LogP) is 12.1. The van der Waals surface area contributed by atoms with Crippen molar-refractivity contribution in [1.29, 1.82) is 0 Å². The summed E-state index contributed by atoms with van der Waals surface area (Å²) in [7, 11) is 0. The Labute approximate surface area is 289 Å². The van der Waals surface area contributed by atoms with Crippen LogP contribution >= 0.6 is 11.3 Å². The number of rotatable bonds is 4. The van der Waals surface area contributed by atoms with Crippen molar-refractivity contribution in [3.05, 3.63) is 106 Å². The Balaban J connectivity index is 1.59. The molecule has 6 rings (SSSR count). The quantitative estimate of drug-likeness (QED) is 0.193. The SMILES string of the molecule is Cc1ccc(-c2cc(C(C)(C)C)cc3sc(-c4ccc5ccccc5c4N=Cc4cc(C(C)(C)C)cc(C(C)(C)C)c4O)nc23)c(C)n1. The number of aliphatic imine (C=N–C) groups is 1. The van der Waals surface area contributed by atoms with Crippen molar-refractivity contribution in [2.24, 2.45) is 4.99 Å². The number of aryl methyl sites for hydroxylation is 2. The zero-order valence-corrected chi connectivity index (χ0v) is 31.0. The molecule has 0 fully saturated rings. The van der Waals surface area contributed by atoms with Crippen molar-refractivity contribution in [2.45, 2.75) is 92.4 Å². The maximum absolute atomic E-state index is 11.6. The maximum Gasteiger partial charge on any atom is 0.128 e. The molecule has 0 saturated carbocycles. The number of thiazole rings is 1. The molecule has 4 nitrogen and oxygen atoms in total. The van der Waals surface area contributed by atoms with Gasteiger partial charge in [0.05, 0.1) is 15.9 Å². The van der Waals surface area contributed by atoms with Crippen LogP contribution in [0.15, 0.2) is 77.8 Å². The van der Waals surface area contributed by atoms with Gasteiger partial charge in [-0.3, -0.25) is 9.98 Å². The fourth-order valence-corrected chi connectivity index (χ4v) is 7.27. The first kappa shape index (κ1) is 33.5. The lowest BCUT2D eigenvalue weighted by Crippen LogP contribution is -2.17. The van der Waals surface area contributed by atoms with Crippen LogP contribution in [0.25, 0.3) is 42.7 Å². The van der Waals surface area contributed by atoms with Gasteiger partial charge in [0.2, 0.25) is 0 Å². The minimum absolute atomic E-state index is 0.0347. The Morgan fingerprint density at radius 3 is 2.02 bits per heavy atom. The van der Waals surface area contributed by atoms with E-state index in [0.717, 1.165) is 70.9 Å². The summed E-state index contributed by atoms with van der Waals surface area (Å²) in [6, 6.07) is 25.7. The number of hydrogen-bond acceptors (Lipinski definition) is 5. The lowest BCUT2D eigenvalue weighted by molar-refractivity contribution is 0.444. The molecule has 0 spiro atoms. The van der Waals surface area contributed by atoms with Crippen LogP contribution in [-0.4, -0.2) is 21.3 Å². The Kier molecular flexibility index (Phi) is 8.36. The molecule has 2 aromatic heterocycles. The van der Waals surface area contributed by atoms with Crippen LogP contribution in [0, 0.1) is 13.8 Å². The number of aromatic hydroxyl groups is 1. The van der Waals surface area contributed by atoms with E-state index in [9.17, 15) is 5.11 Å². The molecule has 0 aliphatic rings. The van der Waals surface area contributed by atoms with Crippen LogP contribution in [0.2, 0.25) is 0 Å². The van der Waals surface area contributed by atoms with E-state index in [2.05, 4.69) is 142 Å². The van der Waals surface area contributed by atoms with Crippen LogP contribution in [0.3, 0.4) is 0 Å². The van der Waals surface area contributed by atoms with Gasteiger partial charge >= 0.3 is 0 Å². The number of benzene rings is 4. The molecule has 0 bridgehead atoms. The summed E-state index contributed by atoms with van der Waals surface area (Å²) in [6.45, 7) is 23.9. The van der Waals surface area contributed by atoms with Crippen LogP contribution < -0.4 is 0 Å². The van der Waals surface area contributed by atoms with E-state index in [1.165, 1.54) is 11.1 Å². The first-order chi connectivity index (χ1) is 22.4. The number of fused-ring (bicyclic) bond motifs is 2. The summed E-state index contributed by atoms with van der Waals surface area (Å²) in [5.74, 6) is 0.280. The highest BCUT2D eigenvalue weighted by Gasteiger charge is 2.25. The third-order valence-corrected chi connectivity index (χ3v) is 10.2. The minimum atomic E-state index is -0.228. The molecule has 2 heterocycles. The number of nitrogens with zero attached hydrogens (tertiary/aromatic N) is 3. The lowest BCUT2D eigenvalue weighted by atomic mass is 9.79. The molecule has 0 aliphatic heterocycles. The van der Waals surface area contributed by atoms with Crippen LogP contribution in [0.5, 0.6) is 5.75 Å². The second kappa shape index (κ2) is 12.0. The largest absolute Gasteiger partial charge is 0.507 e. The number of phenolic OH excluding ortho intramolecular Hbond substituents is 1. The molecule has 5 heteroatoms. The van der Waals surface area contributed by atoms with Crippen LogP contribution in [0.4, 0.5) is 5.69 Å². The van der Waals surface area contributed by atoms with Crippen molar-refractivity contribution in [3.8, 4) is 27.4 Å². The maximum atomic E-state index is 11.6.